The number of hydrogen-bond acceptors (Lipinski definition) is 4. The van der Waals surface area contributed by atoms with Crippen LogP contribution < -0.4 is 0 Å². The van der Waals surface area contributed by atoms with Gasteiger partial charge in [-0.3, -0.25) is 4.79 Å². The fraction of sp³-hybridized carbons (Fsp3) is 0.500. The van der Waals surface area contributed by atoms with Gasteiger partial charge in [0.15, 0.2) is 10.9 Å². The molecule has 0 aromatic carbocycles. The zero-order valence-corrected chi connectivity index (χ0v) is 13.4. The Balaban J connectivity index is 2.11. The van der Waals surface area contributed by atoms with Crippen molar-refractivity contribution in [1.29, 1.82) is 0 Å². The largest absolute Gasteiger partial charge is 0.349 e. The summed E-state index contributed by atoms with van der Waals surface area (Å²) >= 11 is 1.43. The molecule has 0 fully saturated rings. The SMILES string of the molecule is CCn1c(C)cc(C(=O)CSc2nnc(C)n2C)c1C. The molecule has 0 aliphatic heterocycles. The van der Waals surface area contributed by atoms with Gasteiger partial charge >= 0.3 is 0 Å². The quantitative estimate of drug-likeness (QED) is 0.628. The summed E-state index contributed by atoms with van der Waals surface area (Å²) in [5.74, 6) is 1.38. The van der Waals surface area contributed by atoms with Crippen LogP contribution >= 0.6 is 11.8 Å². The number of ketones is 1. The van der Waals surface area contributed by atoms with Crippen molar-refractivity contribution >= 4 is 17.5 Å². The molecule has 2 aromatic heterocycles. The van der Waals surface area contributed by atoms with Crippen molar-refractivity contribution in [3.05, 3.63) is 28.8 Å². The standard InChI is InChI=1S/C14H20N4OS/c1-6-18-9(2)7-12(10(18)3)13(19)8-20-14-16-15-11(4)17(14)5/h7H,6,8H2,1-5H3. The van der Waals surface area contributed by atoms with E-state index in [0.717, 1.165) is 34.5 Å². The molecule has 0 saturated carbocycles. The molecule has 0 aliphatic rings. The van der Waals surface area contributed by atoms with Crippen LogP contribution in [-0.4, -0.2) is 30.9 Å². The summed E-state index contributed by atoms with van der Waals surface area (Å²) in [6.45, 7) is 8.91. The van der Waals surface area contributed by atoms with E-state index in [2.05, 4.69) is 21.7 Å². The Bertz CT molecular complexity index is 642. The number of nitrogens with zero attached hydrogens (tertiary/aromatic N) is 4. The number of carbonyl (C=O) groups is 1. The first-order valence-electron chi connectivity index (χ1n) is 6.64. The van der Waals surface area contributed by atoms with Crippen LogP contribution in [0.15, 0.2) is 11.2 Å². The Kier molecular flexibility index (Phi) is 4.32. The van der Waals surface area contributed by atoms with Gasteiger partial charge in [0.25, 0.3) is 0 Å². The van der Waals surface area contributed by atoms with Gasteiger partial charge in [-0.05, 0) is 33.8 Å². The summed E-state index contributed by atoms with van der Waals surface area (Å²) in [5.41, 5.74) is 2.99. The zero-order valence-electron chi connectivity index (χ0n) is 12.6. The molecule has 20 heavy (non-hydrogen) atoms. The van der Waals surface area contributed by atoms with E-state index >= 15 is 0 Å². The van der Waals surface area contributed by atoms with Crippen molar-refractivity contribution in [3.8, 4) is 0 Å². The fourth-order valence-electron chi connectivity index (χ4n) is 2.29. The van der Waals surface area contributed by atoms with Crippen LogP contribution in [0.3, 0.4) is 0 Å². The third kappa shape index (κ3) is 2.65. The van der Waals surface area contributed by atoms with Crippen LogP contribution in [0, 0.1) is 20.8 Å². The molecule has 0 atom stereocenters. The van der Waals surface area contributed by atoms with Crippen LogP contribution in [-0.2, 0) is 13.6 Å². The van der Waals surface area contributed by atoms with Gasteiger partial charge in [-0.15, -0.1) is 10.2 Å². The van der Waals surface area contributed by atoms with E-state index in [4.69, 9.17) is 0 Å². The maximum atomic E-state index is 12.3. The van der Waals surface area contributed by atoms with Crippen molar-refractivity contribution in [2.24, 2.45) is 7.05 Å². The predicted octanol–water partition coefficient (Wildman–Crippen LogP) is 2.54. The van der Waals surface area contributed by atoms with Gasteiger partial charge in [0.05, 0.1) is 5.75 Å². The van der Waals surface area contributed by atoms with E-state index in [-0.39, 0.29) is 5.78 Å². The third-order valence-electron chi connectivity index (χ3n) is 3.58. The molecule has 0 N–H and O–H groups in total. The maximum absolute atomic E-state index is 12.3. The van der Waals surface area contributed by atoms with Gasteiger partial charge < -0.3 is 9.13 Å². The molecule has 0 saturated heterocycles. The smallest absolute Gasteiger partial charge is 0.191 e. The van der Waals surface area contributed by atoms with Crippen LogP contribution in [0.2, 0.25) is 0 Å². The first kappa shape index (κ1) is 14.8. The Morgan fingerprint density at radius 3 is 2.50 bits per heavy atom. The highest BCUT2D eigenvalue weighted by atomic mass is 32.2. The van der Waals surface area contributed by atoms with E-state index < -0.39 is 0 Å². The number of Topliss-reactive ketones (excluding diaryl/α,β-unsaturated/α-hetero) is 1. The highest BCUT2D eigenvalue weighted by molar-refractivity contribution is 7.99. The average Bonchev–Trinajstić information content (AvgIpc) is 2.88. The second kappa shape index (κ2) is 5.83. The number of thioether (sulfide) groups is 1. The molecule has 108 valence electrons. The number of aryl methyl sites for hydroxylation is 2. The fourth-order valence-corrected chi connectivity index (χ4v) is 3.13. The van der Waals surface area contributed by atoms with E-state index in [9.17, 15) is 4.79 Å². The molecule has 6 heteroatoms. The minimum Gasteiger partial charge on any atom is -0.349 e. The molecule has 5 nitrogen and oxygen atoms in total. The number of rotatable bonds is 5. The molecule has 0 spiro atoms. The van der Waals surface area contributed by atoms with Gasteiger partial charge in [0.2, 0.25) is 0 Å². The number of aromatic nitrogens is 4. The second-order valence-corrected chi connectivity index (χ2v) is 5.77. The second-order valence-electron chi connectivity index (χ2n) is 4.83. The van der Waals surface area contributed by atoms with Crippen molar-refractivity contribution in [3.63, 3.8) is 0 Å². The van der Waals surface area contributed by atoms with E-state index in [0.29, 0.717) is 5.75 Å². The molecule has 0 aliphatic carbocycles. The monoisotopic (exact) mass is 292 g/mol. The number of hydrogen-bond donors (Lipinski definition) is 0. The van der Waals surface area contributed by atoms with Gasteiger partial charge in [-0.2, -0.15) is 0 Å². The van der Waals surface area contributed by atoms with Crippen LogP contribution in [0.4, 0.5) is 0 Å². The lowest BCUT2D eigenvalue weighted by Crippen LogP contribution is -2.06. The minimum absolute atomic E-state index is 0.142. The molecule has 0 bridgehead atoms. The minimum atomic E-state index is 0.142. The molecule has 2 heterocycles. The lowest BCUT2D eigenvalue weighted by atomic mass is 10.2. The summed E-state index contributed by atoms with van der Waals surface area (Å²) in [6, 6.07) is 1.98. The van der Waals surface area contributed by atoms with Gasteiger partial charge in [-0.25, -0.2) is 0 Å². The molecule has 0 unspecified atom stereocenters. The molecule has 2 aromatic rings. The molecular formula is C14H20N4OS. The molecular weight excluding hydrogens is 272 g/mol. The van der Waals surface area contributed by atoms with Crippen LogP contribution in [0.25, 0.3) is 0 Å². The predicted molar refractivity (Wildman–Crippen MR) is 80.4 cm³/mol. The summed E-state index contributed by atoms with van der Waals surface area (Å²) < 4.78 is 4.05. The summed E-state index contributed by atoms with van der Waals surface area (Å²) in [7, 11) is 1.91. The Morgan fingerprint density at radius 1 is 1.30 bits per heavy atom. The van der Waals surface area contributed by atoms with Crippen molar-refractivity contribution in [2.45, 2.75) is 39.4 Å². The maximum Gasteiger partial charge on any atom is 0.191 e. The van der Waals surface area contributed by atoms with E-state index in [1.54, 1.807) is 0 Å². The average molecular weight is 292 g/mol. The van der Waals surface area contributed by atoms with Crippen molar-refractivity contribution in [1.82, 2.24) is 19.3 Å². The Hall–Kier alpha value is -1.56. The normalized spacial score (nSPS) is 11.1. The topological polar surface area (TPSA) is 52.7 Å². The van der Waals surface area contributed by atoms with Crippen LogP contribution in [0.5, 0.6) is 0 Å². The summed E-state index contributed by atoms with van der Waals surface area (Å²) in [6.07, 6.45) is 0. The van der Waals surface area contributed by atoms with E-state index in [1.165, 1.54) is 11.8 Å². The summed E-state index contributed by atoms with van der Waals surface area (Å²) in [4.78, 5) is 12.3. The van der Waals surface area contributed by atoms with Gasteiger partial charge in [0, 0.05) is 30.5 Å². The molecule has 2 rings (SSSR count). The Morgan fingerprint density at radius 2 is 2.00 bits per heavy atom. The highest BCUT2D eigenvalue weighted by Crippen LogP contribution is 2.20. The van der Waals surface area contributed by atoms with Gasteiger partial charge in [0.1, 0.15) is 5.82 Å². The zero-order chi connectivity index (χ0) is 14.9. The Labute approximate surface area is 123 Å². The molecule has 0 radical (unpaired) electrons. The third-order valence-corrected chi connectivity index (χ3v) is 4.60. The lowest BCUT2D eigenvalue weighted by molar-refractivity contribution is 0.102. The lowest BCUT2D eigenvalue weighted by Gasteiger charge is -2.05. The van der Waals surface area contributed by atoms with Crippen molar-refractivity contribution in [2.75, 3.05) is 5.75 Å². The highest BCUT2D eigenvalue weighted by Gasteiger charge is 2.16. The van der Waals surface area contributed by atoms with Crippen LogP contribution in [0.1, 0.15) is 34.5 Å². The first-order chi connectivity index (χ1) is 9.45. The first-order valence-corrected chi connectivity index (χ1v) is 7.63. The number of carbonyl (C=O) groups excluding carboxylic acids is 1. The van der Waals surface area contributed by atoms with E-state index in [1.807, 2.05) is 38.5 Å². The van der Waals surface area contributed by atoms with Gasteiger partial charge in [-0.1, -0.05) is 11.8 Å². The molecule has 0 amide bonds. The summed E-state index contributed by atoms with van der Waals surface area (Å²) in [5, 5.41) is 8.83. The van der Waals surface area contributed by atoms with Crippen molar-refractivity contribution < 1.29 is 4.79 Å².